The van der Waals surface area contributed by atoms with Crippen LogP contribution in [-0.4, -0.2) is 15.0 Å². The second kappa shape index (κ2) is 7.15. The Labute approximate surface area is 181 Å². The lowest BCUT2D eigenvalue weighted by Gasteiger charge is -2.05. The second-order valence-electron chi connectivity index (χ2n) is 7.58. The van der Waals surface area contributed by atoms with E-state index in [0.29, 0.717) is 0 Å². The van der Waals surface area contributed by atoms with Crippen LogP contribution in [0.3, 0.4) is 0 Å². The molecule has 4 aromatic heterocycles. The molecule has 0 radical (unpaired) electrons. The molecular weight excluding hydrogens is 405 g/mol. The molecule has 8 bridgehead atoms. The Bertz CT molecular complexity index is 1640. The quantitative estimate of drug-likeness (QED) is 0.364. The fraction of sp³-hybridized carbons (Fsp3) is 0. The first kappa shape index (κ1) is 18.0. The number of aromatic nitrogens is 3. The van der Waals surface area contributed by atoms with Gasteiger partial charge in [-0.25, -0.2) is 4.39 Å². The molecule has 0 atom stereocenters. The predicted molar refractivity (Wildman–Crippen MR) is 124 cm³/mol. The summed E-state index contributed by atoms with van der Waals surface area (Å²) >= 11 is 1.71. The van der Waals surface area contributed by atoms with Gasteiger partial charge >= 0.3 is 0 Å². The highest BCUT2D eigenvalue weighted by atomic mass is 32.1. The molecule has 1 aromatic carbocycles. The zero-order valence-corrected chi connectivity index (χ0v) is 17.3. The summed E-state index contributed by atoms with van der Waals surface area (Å²) in [7, 11) is 0. The van der Waals surface area contributed by atoms with Crippen molar-refractivity contribution in [2.45, 2.75) is 0 Å². The third-order valence-corrected chi connectivity index (χ3v) is 6.42. The topological polar surface area (TPSA) is 47.4 Å². The summed E-state index contributed by atoms with van der Waals surface area (Å²) in [4.78, 5) is 12.7. The van der Waals surface area contributed by atoms with Crippen LogP contribution in [0.2, 0.25) is 0 Å². The van der Waals surface area contributed by atoms with Gasteiger partial charge in [-0.15, -0.1) is 11.3 Å². The molecule has 5 heteroatoms. The van der Waals surface area contributed by atoms with Gasteiger partial charge in [0.2, 0.25) is 0 Å². The van der Waals surface area contributed by atoms with E-state index in [2.05, 4.69) is 81.7 Å². The average Bonchev–Trinajstić information content (AvgIpc) is 3.55. The van der Waals surface area contributed by atoms with E-state index in [1.54, 1.807) is 11.3 Å². The molecule has 0 unspecified atom stereocenters. The van der Waals surface area contributed by atoms with Gasteiger partial charge in [0.05, 0.1) is 0 Å². The maximum atomic E-state index is 13.6. The third kappa shape index (κ3) is 3.49. The van der Waals surface area contributed by atoms with Crippen molar-refractivity contribution < 1.29 is 4.39 Å². The number of hydrogen-bond donors (Lipinski definition) is 3. The molecule has 3 N–H and O–H groups in total. The van der Waals surface area contributed by atoms with E-state index < -0.39 is 0 Å². The Morgan fingerprint density at radius 1 is 0.581 bits per heavy atom. The normalized spacial score (nSPS) is 12.7. The van der Waals surface area contributed by atoms with Crippen molar-refractivity contribution in [3.8, 4) is 0 Å². The van der Waals surface area contributed by atoms with E-state index in [-0.39, 0.29) is 5.82 Å². The average molecular weight is 424 g/mol. The van der Waals surface area contributed by atoms with Crippen LogP contribution >= 0.6 is 11.3 Å². The van der Waals surface area contributed by atoms with Crippen LogP contribution in [0.4, 0.5) is 4.39 Å². The van der Waals surface area contributed by atoms with E-state index in [0.717, 1.165) is 53.7 Å². The van der Waals surface area contributed by atoms with Gasteiger partial charge in [-0.3, -0.25) is 0 Å². The zero-order chi connectivity index (χ0) is 20.8. The van der Waals surface area contributed by atoms with E-state index in [9.17, 15) is 4.39 Å². The summed E-state index contributed by atoms with van der Waals surface area (Å²) in [6, 6.07) is 23.4. The fourth-order valence-corrected chi connectivity index (χ4v) is 4.98. The molecule has 0 spiro atoms. The van der Waals surface area contributed by atoms with Crippen LogP contribution in [-0.2, 0) is 0 Å². The molecule has 6 rings (SSSR count). The molecule has 5 heterocycles. The number of aromatic amines is 3. The van der Waals surface area contributed by atoms with Gasteiger partial charge in [0, 0.05) is 48.1 Å². The van der Waals surface area contributed by atoms with Crippen molar-refractivity contribution in [2.24, 2.45) is 0 Å². The van der Waals surface area contributed by atoms with Gasteiger partial charge in [-0.2, -0.15) is 0 Å². The molecule has 0 fully saturated rings. The molecule has 0 amide bonds. The van der Waals surface area contributed by atoms with Gasteiger partial charge < -0.3 is 15.0 Å². The number of nitrogens with one attached hydrogen (secondary N) is 3. The molecule has 0 saturated carbocycles. The Hall–Kier alpha value is -3.83. The minimum absolute atomic E-state index is 0.236. The minimum atomic E-state index is -0.236. The SMILES string of the molecule is Fc1ccc(C2=c3ccc([nH]3)=Cc3ccc([nH]3)C=c3ccc([nH]3)=Cc3ccc2s3)cc1. The number of thiophene rings is 1. The van der Waals surface area contributed by atoms with Crippen LogP contribution < -0.4 is 21.4 Å². The highest BCUT2D eigenvalue weighted by Gasteiger charge is 2.11. The maximum Gasteiger partial charge on any atom is 0.123 e. The van der Waals surface area contributed by atoms with Crippen LogP contribution in [0.5, 0.6) is 0 Å². The minimum Gasteiger partial charge on any atom is -0.355 e. The Balaban J connectivity index is 1.66. The first-order chi connectivity index (χ1) is 15.2. The van der Waals surface area contributed by atoms with Crippen LogP contribution in [0.15, 0.2) is 72.8 Å². The number of H-pyrrole nitrogens is 3. The molecule has 1 aliphatic rings. The summed E-state index contributed by atoms with van der Waals surface area (Å²) in [5, 5.41) is 4.10. The van der Waals surface area contributed by atoms with Crippen LogP contribution in [0, 0.1) is 5.82 Å². The second-order valence-corrected chi connectivity index (χ2v) is 8.70. The monoisotopic (exact) mass is 423 g/mol. The molecule has 150 valence electrons. The Kier molecular flexibility index (Phi) is 4.14. The lowest BCUT2D eigenvalue weighted by molar-refractivity contribution is 0.627. The zero-order valence-electron chi connectivity index (χ0n) is 16.4. The molecule has 3 nitrogen and oxygen atoms in total. The smallest absolute Gasteiger partial charge is 0.123 e. The number of fused-ring (bicyclic) bond motifs is 8. The molecular formula is C26H18FN3S. The van der Waals surface area contributed by atoms with Crippen molar-refractivity contribution >= 4 is 35.1 Å². The van der Waals surface area contributed by atoms with Gasteiger partial charge in [0.15, 0.2) is 0 Å². The van der Waals surface area contributed by atoms with E-state index >= 15 is 0 Å². The van der Waals surface area contributed by atoms with E-state index in [1.165, 1.54) is 12.1 Å². The molecule has 1 aliphatic heterocycles. The number of hydrogen-bond acceptors (Lipinski definition) is 1. The molecule has 0 aliphatic carbocycles. The fourth-order valence-electron chi connectivity index (χ4n) is 3.94. The maximum absolute atomic E-state index is 13.6. The third-order valence-electron chi connectivity index (χ3n) is 5.37. The van der Waals surface area contributed by atoms with Gasteiger partial charge in [-0.1, -0.05) is 12.1 Å². The highest BCUT2D eigenvalue weighted by Crippen LogP contribution is 2.28. The molecule has 0 saturated heterocycles. The summed E-state index contributed by atoms with van der Waals surface area (Å²) in [5.41, 5.74) is 4.09. The predicted octanol–water partition coefficient (Wildman–Crippen LogP) is 2.92. The summed E-state index contributed by atoms with van der Waals surface area (Å²) in [6.07, 6.45) is 6.33. The van der Waals surface area contributed by atoms with Crippen molar-refractivity contribution in [1.82, 2.24) is 15.0 Å². The van der Waals surface area contributed by atoms with Gasteiger partial charge in [0.25, 0.3) is 0 Å². The molecule has 31 heavy (non-hydrogen) atoms. The van der Waals surface area contributed by atoms with Crippen molar-refractivity contribution in [3.05, 3.63) is 127 Å². The lowest BCUT2D eigenvalue weighted by atomic mass is 10.0. The van der Waals surface area contributed by atoms with Gasteiger partial charge in [0.1, 0.15) is 5.82 Å². The van der Waals surface area contributed by atoms with Crippen LogP contribution in [0.1, 0.15) is 26.7 Å². The van der Waals surface area contributed by atoms with Crippen molar-refractivity contribution in [1.29, 1.82) is 0 Å². The van der Waals surface area contributed by atoms with Crippen LogP contribution in [0.25, 0.3) is 23.8 Å². The highest BCUT2D eigenvalue weighted by molar-refractivity contribution is 7.14. The lowest BCUT2D eigenvalue weighted by Crippen LogP contribution is -2.14. The Morgan fingerprint density at radius 2 is 1.26 bits per heavy atom. The van der Waals surface area contributed by atoms with Gasteiger partial charge in [-0.05, 0) is 84.5 Å². The summed E-state index contributed by atoms with van der Waals surface area (Å²) in [5.74, 6) is -0.236. The summed E-state index contributed by atoms with van der Waals surface area (Å²) < 4.78 is 13.6. The first-order valence-electron chi connectivity index (χ1n) is 10.0. The van der Waals surface area contributed by atoms with E-state index in [4.69, 9.17) is 0 Å². The first-order valence-corrected chi connectivity index (χ1v) is 10.9. The van der Waals surface area contributed by atoms with Crippen molar-refractivity contribution in [3.63, 3.8) is 0 Å². The van der Waals surface area contributed by atoms with E-state index in [1.807, 2.05) is 12.1 Å². The number of halogens is 1. The largest absolute Gasteiger partial charge is 0.355 e. The van der Waals surface area contributed by atoms with Crippen molar-refractivity contribution in [2.75, 3.05) is 0 Å². The molecule has 5 aromatic rings. The Morgan fingerprint density at radius 3 is 2.03 bits per heavy atom. The summed E-state index contributed by atoms with van der Waals surface area (Å²) in [6.45, 7) is 0. The number of rotatable bonds is 1. The standard InChI is InChI=1S/C26H18FN3S/c27-17-3-1-16(2-4-17)26-24-11-9-21(30-24)14-20-6-5-18(28-20)13-19-7-8-22(29-19)15-23-10-12-25(26)31-23/h1-15,28-30H. The number of benzene rings is 1.